The van der Waals surface area contributed by atoms with E-state index >= 15 is 0 Å². The summed E-state index contributed by atoms with van der Waals surface area (Å²) in [6, 6.07) is 6.17. The predicted octanol–water partition coefficient (Wildman–Crippen LogP) is 4.39. The molecule has 0 N–H and O–H groups in total. The summed E-state index contributed by atoms with van der Waals surface area (Å²) in [5, 5.41) is 4.38. The Morgan fingerprint density at radius 2 is 1.91 bits per heavy atom. The van der Waals surface area contributed by atoms with Crippen LogP contribution in [0.2, 0.25) is 19.6 Å². The van der Waals surface area contributed by atoms with Gasteiger partial charge in [0.05, 0.1) is 5.69 Å². The second-order valence-corrected chi connectivity index (χ2v) is 11.1. The Bertz CT molecular complexity index is 711. The lowest BCUT2D eigenvalue weighted by molar-refractivity contribution is 0.558. The van der Waals surface area contributed by atoms with Gasteiger partial charge in [-0.3, -0.25) is 4.68 Å². The van der Waals surface area contributed by atoms with Crippen LogP contribution in [0.15, 0.2) is 29.4 Å². The largest absolute Gasteiger partial charge is 0.543 e. The molecule has 0 aliphatic rings. The van der Waals surface area contributed by atoms with Crippen molar-refractivity contribution in [2.24, 2.45) is 12.0 Å². The van der Waals surface area contributed by atoms with E-state index in [1.807, 2.05) is 37.8 Å². The first kappa shape index (κ1) is 16.5. The average molecular weight is 315 g/mol. The maximum Gasteiger partial charge on any atom is 0.242 e. The number of benzene rings is 1. The Kier molecular flexibility index (Phi) is 4.56. The zero-order chi connectivity index (χ0) is 16.5. The van der Waals surface area contributed by atoms with Crippen LogP contribution in [0.4, 0.5) is 5.69 Å². The molecule has 1 heterocycles. The summed E-state index contributed by atoms with van der Waals surface area (Å²) in [7, 11) is 0.251. The quantitative estimate of drug-likeness (QED) is 0.620. The smallest absolute Gasteiger partial charge is 0.242 e. The maximum atomic E-state index is 6.20. The highest BCUT2D eigenvalue weighted by Crippen LogP contribution is 2.31. The molecule has 0 aliphatic heterocycles. The highest BCUT2D eigenvalue weighted by Gasteiger charge is 2.18. The van der Waals surface area contributed by atoms with Crippen LogP contribution in [0.5, 0.6) is 5.75 Å². The van der Waals surface area contributed by atoms with Crippen molar-refractivity contribution in [1.82, 2.24) is 9.78 Å². The average Bonchev–Trinajstić information content (AvgIpc) is 2.70. The van der Waals surface area contributed by atoms with E-state index in [1.54, 1.807) is 0 Å². The summed E-state index contributed by atoms with van der Waals surface area (Å²) in [5.74, 6) is 0.875. The molecule has 0 spiro atoms. The minimum atomic E-state index is -1.68. The zero-order valence-electron chi connectivity index (χ0n) is 14.6. The number of hydrogen-bond donors (Lipinski definition) is 0. The predicted molar refractivity (Wildman–Crippen MR) is 95.0 cm³/mol. The standard InChI is InChI=1S/C17H25N3OSi/c1-12-8-9-16(17(10-12)21-22(5,6)7)18-13(2)15-11-20(4)19-14(15)3/h8-11H,1-7H3. The topological polar surface area (TPSA) is 39.4 Å². The fraction of sp³-hybridized carbons (Fsp3) is 0.412. The molecule has 0 radical (unpaired) electrons. The molecule has 0 saturated carbocycles. The fourth-order valence-corrected chi connectivity index (χ4v) is 3.14. The molecule has 0 saturated heterocycles. The minimum Gasteiger partial charge on any atom is -0.543 e. The van der Waals surface area contributed by atoms with Crippen molar-refractivity contribution in [3.8, 4) is 5.75 Å². The minimum absolute atomic E-state index is 0.875. The van der Waals surface area contributed by atoms with E-state index < -0.39 is 8.32 Å². The van der Waals surface area contributed by atoms with Crippen LogP contribution < -0.4 is 4.43 Å². The van der Waals surface area contributed by atoms with Crippen LogP contribution in [0.1, 0.15) is 23.7 Å². The lowest BCUT2D eigenvalue weighted by atomic mass is 10.1. The lowest BCUT2D eigenvalue weighted by Gasteiger charge is -2.21. The van der Waals surface area contributed by atoms with Crippen LogP contribution in [0.25, 0.3) is 0 Å². The molecular formula is C17H25N3OSi. The molecular weight excluding hydrogens is 290 g/mol. The molecule has 0 unspecified atom stereocenters. The van der Waals surface area contributed by atoms with Gasteiger partial charge in [-0.25, -0.2) is 4.99 Å². The number of hydrogen-bond acceptors (Lipinski definition) is 3. The molecule has 22 heavy (non-hydrogen) atoms. The van der Waals surface area contributed by atoms with Gasteiger partial charge in [0.25, 0.3) is 0 Å². The Labute approximate surface area is 134 Å². The van der Waals surface area contributed by atoms with Gasteiger partial charge in [-0.15, -0.1) is 0 Å². The van der Waals surface area contributed by atoms with Crippen molar-refractivity contribution >= 4 is 19.7 Å². The molecule has 1 aromatic heterocycles. The second kappa shape index (κ2) is 6.08. The molecule has 0 bridgehead atoms. The van der Waals surface area contributed by atoms with E-state index in [9.17, 15) is 0 Å². The molecule has 0 aliphatic carbocycles. The van der Waals surface area contributed by atoms with Crippen molar-refractivity contribution in [3.05, 3.63) is 41.2 Å². The van der Waals surface area contributed by atoms with E-state index in [0.717, 1.165) is 28.4 Å². The van der Waals surface area contributed by atoms with Crippen molar-refractivity contribution in [2.75, 3.05) is 0 Å². The third-order valence-electron chi connectivity index (χ3n) is 3.22. The van der Waals surface area contributed by atoms with E-state index in [1.165, 1.54) is 5.56 Å². The first-order valence-electron chi connectivity index (χ1n) is 7.51. The SMILES string of the molecule is CC(=Nc1ccc(C)cc1O[Si](C)(C)C)c1cn(C)nc1C. The van der Waals surface area contributed by atoms with Gasteiger partial charge < -0.3 is 4.43 Å². The van der Waals surface area contributed by atoms with E-state index in [0.29, 0.717) is 0 Å². The summed E-state index contributed by atoms with van der Waals surface area (Å²) >= 11 is 0. The number of nitrogens with zero attached hydrogens (tertiary/aromatic N) is 3. The van der Waals surface area contributed by atoms with Crippen LogP contribution in [-0.4, -0.2) is 23.8 Å². The fourth-order valence-electron chi connectivity index (χ4n) is 2.32. The van der Waals surface area contributed by atoms with Gasteiger partial charge in [0.1, 0.15) is 11.4 Å². The maximum absolute atomic E-state index is 6.20. The molecule has 118 valence electrons. The Morgan fingerprint density at radius 1 is 1.23 bits per heavy atom. The van der Waals surface area contributed by atoms with Crippen molar-refractivity contribution in [2.45, 2.75) is 40.4 Å². The van der Waals surface area contributed by atoms with E-state index in [2.05, 4.69) is 43.8 Å². The molecule has 0 atom stereocenters. The first-order valence-corrected chi connectivity index (χ1v) is 10.9. The van der Waals surface area contributed by atoms with Crippen LogP contribution >= 0.6 is 0 Å². The van der Waals surface area contributed by atoms with Gasteiger partial charge in [-0.2, -0.15) is 5.10 Å². The normalized spacial score (nSPS) is 12.6. The number of aromatic nitrogens is 2. The van der Waals surface area contributed by atoms with Crippen molar-refractivity contribution in [3.63, 3.8) is 0 Å². The molecule has 2 rings (SSSR count). The van der Waals surface area contributed by atoms with Gasteiger partial charge in [-0.05, 0) is 58.1 Å². The Balaban J connectivity index is 2.44. The van der Waals surface area contributed by atoms with Gasteiger partial charge in [-0.1, -0.05) is 6.07 Å². The van der Waals surface area contributed by atoms with Crippen LogP contribution in [0, 0.1) is 13.8 Å². The molecule has 5 heteroatoms. The second-order valence-electron chi connectivity index (χ2n) is 6.68. The summed E-state index contributed by atoms with van der Waals surface area (Å²) in [5.41, 5.74) is 5.08. The van der Waals surface area contributed by atoms with Gasteiger partial charge in [0.15, 0.2) is 0 Å². The third-order valence-corrected chi connectivity index (χ3v) is 4.06. The Morgan fingerprint density at radius 3 is 2.45 bits per heavy atom. The van der Waals surface area contributed by atoms with Gasteiger partial charge in [0, 0.05) is 24.5 Å². The summed E-state index contributed by atoms with van der Waals surface area (Å²) in [4.78, 5) is 4.79. The third kappa shape index (κ3) is 4.07. The van der Waals surface area contributed by atoms with E-state index in [4.69, 9.17) is 9.42 Å². The lowest BCUT2D eigenvalue weighted by Crippen LogP contribution is -2.29. The van der Waals surface area contributed by atoms with Crippen LogP contribution in [0.3, 0.4) is 0 Å². The first-order chi connectivity index (χ1) is 10.2. The van der Waals surface area contributed by atoms with Crippen LogP contribution in [-0.2, 0) is 7.05 Å². The number of rotatable bonds is 4. The highest BCUT2D eigenvalue weighted by molar-refractivity contribution is 6.70. The Hall–Kier alpha value is -1.88. The molecule has 1 aromatic carbocycles. The summed E-state index contributed by atoms with van der Waals surface area (Å²) < 4.78 is 8.01. The zero-order valence-corrected chi connectivity index (χ0v) is 15.6. The van der Waals surface area contributed by atoms with E-state index in [-0.39, 0.29) is 0 Å². The molecule has 0 fully saturated rings. The van der Waals surface area contributed by atoms with Gasteiger partial charge >= 0.3 is 0 Å². The summed E-state index contributed by atoms with van der Waals surface area (Å²) in [6.07, 6.45) is 2.00. The number of aryl methyl sites for hydroxylation is 3. The molecule has 2 aromatic rings. The number of aliphatic imine (C=N–C) groups is 1. The monoisotopic (exact) mass is 315 g/mol. The van der Waals surface area contributed by atoms with Crippen molar-refractivity contribution in [1.29, 1.82) is 0 Å². The molecule has 4 nitrogen and oxygen atoms in total. The van der Waals surface area contributed by atoms with Gasteiger partial charge in [0.2, 0.25) is 8.32 Å². The highest BCUT2D eigenvalue weighted by atomic mass is 28.4. The summed E-state index contributed by atoms with van der Waals surface area (Å²) in [6.45, 7) is 12.6. The molecule has 0 amide bonds. The van der Waals surface area contributed by atoms with Crippen molar-refractivity contribution < 1.29 is 4.43 Å².